The maximum atomic E-state index is 11.6. The lowest BCUT2D eigenvalue weighted by Gasteiger charge is -2.26. The lowest BCUT2D eigenvalue weighted by atomic mass is 10.1. The summed E-state index contributed by atoms with van der Waals surface area (Å²) in [5, 5.41) is 15.1. The number of pyridine rings is 1. The summed E-state index contributed by atoms with van der Waals surface area (Å²) in [6.07, 6.45) is 4.40. The number of nitriles is 1. The maximum Gasteiger partial charge on any atom is 0.152 e. The third-order valence-corrected chi connectivity index (χ3v) is 7.72. The van der Waals surface area contributed by atoms with Crippen LogP contribution in [0.25, 0.3) is 21.8 Å². The number of nitrogens with zero attached hydrogens (tertiary/aromatic N) is 3. The fourth-order valence-corrected chi connectivity index (χ4v) is 5.50. The van der Waals surface area contributed by atoms with Gasteiger partial charge in [0, 0.05) is 65.8 Å². The maximum absolute atomic E-state index is 11.6. The molecule has 5 rings (SSSR count). The first-order chi connectivity index (χ1) is 16.5. The Morgan fingerprint density at radius 2 is 2.00 bits per heavy atom. The molecular weight excluding hydrogens is 450 g/mol. The van der Waals surface area contributed by atoms with E-state index in [-0.39, 0.29) is 11.5 Å². The predicted octanol–water partition coefficient (Wildman–Crippen LogP) is 3.83. The minimum Gasteiger partial charge on any atom is -0.492 e. The number of rotatable bonds is 7. The standard InChI is InChI=1S/C25H25N5O3S/c26-17-19-15-21-23(29-20-2-3-22-18(14-20)4-6-27-22)5-7-28-24(21)16-25(19)33-11-1-8-30-9-12-34(31,32)13-10-30/h2-7,14-16,27H,1,8-13H2,(H,28,29). The van der Waals surface area contributed by atoms with Gasteiger partial charge >= 0.3 is 0 Å². The summed E-state index contributed by atoms with van der Waals surface area (Å²) in [7, 11) is -2.87. The Labute approximate surface area is 198 Å². The smallest absolute Gasteiger partial charge is 0.152 e. The van der Waals surface area contributed by atoms with Gasteiger partial charge in [-0.2, -0.15) is 5.26 Å². The molecule has 0 atom stereocenters. The predicted molar refractivity (Wildman–Crippen MR) is 133 cm³/mol. The van der Waals surface area contributed by atoms with E-state index >= 15 is 0 Å². The summed E-state index contributed by atoms with van der Waals surface area (Å²) in [5.74, 6) is 0.950. The van der Waals surface area contributed by atoms with Crippen molar-refractivity contribution in [2.45, 2.75) is 6.42 Å². The highest BCUT2D eigenvalue weighted by atomic mass is 32.2. The Morgan fingerprint density at radius 3 is 2.82 bits per heavy atom. The second-order valence-corrected chi connectivity index (χ2v) is 10.7. The molecule has 4 aromatic rings. The number of sulfone groups is 1. The van der Waals surface area contributed by atoms with Crippen LogP contribution in [0.5, 0.6) is 5.75 Å². The Bertz CT molecular complexity index is 1480. The monoisotopic (exact) mass is 475 g/mol. The zero-order valence-electron chi connectivity index (χ0n) is 18.6. The van der Waals surface area contributed by atoms with Crippen molar-refractivity contribution in [3.8, 4) is 11.8 Å². The van der Waals surface area contributed by atoms with E-state index < -0.39 is 9.84 Å². The molecule has 1 aliphatic rings. The van der Waals surface area contributed by atoms with Gasteiger partial charge in [0.2, 0.25) is 0 Å². The van der Waals surface area contributed by atoms with E-state index in [1.54, 1.807) is 6.20 Å². The number of ether oxygens (including phenoxy) is 1. The van der Waals surface area contributed by atoms with Crippen molar-refractivity contribution in [2.75, 3.05) is 43.1 Å². The molecule has 0 radical (unpaired) electrons. The molecule has 8 nitrogen and oxygen atoms in total. The SMILES string of the molecule is N#Cc1cc2c(Nc3ccc4[nH]ccc4c3)ccnc2cc1OCCCN1CCS(=O)(=O)CC1. The summed E-state index contributed by atoms with van der Waals surface area (Å²) in [4.78, 5) is 9.81. The molecule has 2 N–H and O–H groups in total. The molecule has 0 spiro atoms. The van der Waals surface area contributed by atoms with Gasteiger partial charge in [-0.25, -0.2) is 8.42 Å². The normalized spacial score (nSPS) is 15.9. The van der Waals surface area contributed by atoms with Crippen LogP contribution in [0.3, 0.4) is 0 Å². The zero-order valence-corrected chi connectivity index (χ0v) is 19.4. The lowest BCUT2D eigenvalue weighted by molar-refractivity contribution is 0.245. The van der Waals surface area contributed by atoms with Gasteiger partial charge in [0.1, 0.15) is 11.8 Å². The first-order valence-electron chi connectivity index (χ1n) is 11.2. The van der Waals surface area contributed by atoms with Crippen molar-refractivity contribution in [2.24, 2.45) is 0 Å². The molecule has 2 aromatic carbocycles. The van der Waals surface area contributed by atoms with Crippen molar-refractivity contribution >= 4 is 43.0 Å². The van der Waals surface area contributed by atoms with Gasteiger partial charge in [-0.3, -0.25) is 4.98 Å². The summed E-state index contributed by atoms with van der Waals surface area (Å²) in [6.45, 7) is 2.35. The van der Waals surface area contributed by atoms with Crippen LogP contribution in [0.1, 0.15) is 12.0 Å². The quantitative estimate of drug-likeness (QED) is 0.391. The van der Waals surface area contributed by atoms with Crippen LogP contribution in [0.4, 0.5) is 11.4 Å². The minimum absolute atomic E-state index is 0.220. The van der Waals surface area contributed by atoms with Crippen LogP contribution in [0.2, 0.25) is 0 Å². The van der Waals surface area contributed by atoms with E-state index in [0.717, 1.165) is 46.1 Å². The summed E-state index contributed by atoms with van der Waals surface area (Å²) in [5.41, 5.74) is 4.08. The fraction of sp³-hybridized carbons (Fsp3) is 0.280. The second-order valence-electron chi connectivity index (χ2n) is 8.44. The summed E-state index contributed by atoms with van der Waals surface area (Å²) in [6, 6.07) is 15.9. The number of benzene rings is 2. The largest absolute Gasteiger partial charge is 0.492 e. The Balaban J connectivity index is 1.28. The van der Waals surface area contributed by atoms with Crippen LogP contribution in [-0.4, -0.2) is 61.0 Å². The van der Waals surface area contributed by atoms with Crippen LogP contribution in [0.15, 0.2) is 54.9 Å². The van der Waals surface area contributed by atoms with E-state index in [4.69, 9.17) is 4.74 Å². The molecule has 3 heterocycles. The molecule has 1 aliphatic heterocycles. The van der Waals surface area contributed by atoms with Crippen molar-refractivity contribution < 1.29 is 13.2 Å². The Hall–Kier alpha value is -3.61. The van der Waals surface area contributed by atoms with Crippen LogP contribution < -0.4 is 10.1 Å². The van der Waals surface area contributed by atoms with Crippen molar-refractivity contribution in [3.63, 3.8) is 0 Å². The molecule has 9 heteroatoms. The molecule has 1 saturated heterocycles. The number of fused-ring (bicyclic) bond motifs is 2. The molecule has 0 aliphatic carbocycles. The zero-order chi connectivity index (χ0) is 23.5. The lowest BCUT2D eigenvalue weighted by Crippen LogP contribution is -2.40. The van der Waals surface area contributed by atoms with Gasteiger partial charge < -0.3 is 19.9 Å². The molecule has 0 bridgehead atoms. The average Bonchev–Trinajstić information content (AvgIpc) is 3.30. The van der Waals surface area contributed by atoms with E-state index in [1.165, 1.54) is 0 Å². The topological polar surface area (TPSA) is 111 Å². The highest BCUT2D eigenvalue weighted by Crippen LogP contribution is 2.31. The fourth-order valence-electron chi connectivity index (χ4n) is 4.22. The van der Waals surface area contributed by atoms with Gasteiger partial charge in [0.15, 0.2) is 9.84 Å². The average molecular weight is 476 g/mol. The van der Waals surface area contributed by atoms with E-state index in [1.807, 2.05) is 42.6 Å². The molecule has 34 heavy (non-hydrogen) atoms. The van der Waals surface area contributed by atoms with E-state index in [9.17, 15) is 13.7 Å². The molecule has 0 amide bonds. The Kier molecular flexibility index (Phi) is 6.09. The Morgan fingerprint density at radius 1 is 1.15 bits per heavy atom. The van der Waals surface area contributed by atoms with Gasteiger partial charge in [0.25, 0.3) is 0 Å². The minimum atomic E-state index is -2.87. The number of nitrogens with one attached hydrogen (secondary N) is 2. The molecule has 1 fully saturated rings. The molecule has 0 unspecified atom stereocenters. The number of anilines is 2. The van der Waals surface area contributed by atoms with Crippen LogP contribution >= 0.6 is 0 Å². The number of aromatic nitrogens is 2. The molecule has 2 aromatic heterocycles. The molecule has 174 valence electrons. The number of hydrogen-bond donors (Lipinski definition) is 2. The number of hydrogen-bond acceptors (Lipinski definition) is 7. The number of aromatic amines is 1. The van der Waals surface area contributed by atoms with Crippen LogP contribution in [-0.2, 0) is 9.84 Å². The summed E-state index contributed by atoms with van der Waals surface area (Å²) >= 11 is 0. The van der Waals surface area contributed by atoms with Crippen LogP contribution in [0, 0.1) is 11.3 Å². The first-order valence-corrected chi connectivity index (χ1v) is 13.1. The highest BCUT2D eigenvalue weighted by Gasteiger charge is 2.21. The highest BCUT2D eigenvalue weighted by molar-refractivity contribution is 7.91. The van der Waals surface area contributed by atoms with Gasteiger partial charge in [-0.15, -0.1) is 0 Å². The van der Waals surface area contributed by atoms with Gasteiger partial charge in [0.05, 0.1) is 29.2 Å². The van der Waals surface area contributed by atoms with E-state index in [0.29, 0.717) is 31.0 Å². The van der Waals surface area contributed by atoms with Crippen molar-refractivity contribution in [1.82, 2.24) is 14.9 Å². The van der Waals surface area contributed by atoms with Gasteiger partial charge in [-0.1, -0.05) is 0 Å². The second kappa shape index (κ2) is 9.33. The third kappa shape index (κ3) is 4.83. The molecule has 0 saturated carbocycles. The summed E-state index contributed by atoms with van der Waals surface area (Å²) < 4.78 is 29.1. The first kappa shape index (κ1) is 22.2. The van der Waals surface area contributed by atoms with E-state index in [2.05, 4.69) is 32.3 Å². The van der Waals surface area contributed by atoms with Gasteiger partial charge in [-0.05, 0) is 42.8 Å². The third-order valence-electron chi connectivity index (χ3n) is 6.11. The number of H-pyrrole nitrogens is 1. The molecular formula is C25H25N5O3S. The van der Waals surface area contributed by atoms with Crippen molar-refractivity contribution in [1.29, 1.82) is 5.26 Å². The van der Waals surface area contributed by atoms with Crippen molar-refractivity contribution in [3.05, 3.63) is 60.4 Å².